The number of nitrogens with zero attached hydrogens (tertiary/aromatic N) is 6. The molecule has 1 aliphatic heterocycles. The topological polar surface area (TPSA) is 83.2 Å². The molecule has 1 saturated carbocycles. The Bertz CT molecular complexity index is 992. The fourth-order valence-corrected chi connectivity index (χ4v) is 4.07. The molecule has 2 aliphatic rings. The molecule has 8 nitrogen and oxygen atoms in total. The summed E-state index contributed by atoms with van der Waals surface area (Å²) in [5, 5.41) is 18.5. The van der Waals surface area contributed by atoms with E-state index in [0.717, 1.165) is 74.4 Å². The monoisotopic (exact) mass is 407 g/mol. The van der Waals surface area contributed by atoms with Gasteiger partial charge in [-0.2, -0.15) is 4.98 Å². The summed E-state index contributed by atoms with van der Waals surface area (Å²) < 4.78 is 5.49. The second-order valence-electron chi connectivity index (χ2n) is 8.23. The lowest BCUT2D eigenvalue weighted by molar-refractivity contribution is 0.137. The van der Waals surface area contributed by atoms with E-state index < -0.39 is 0 Å². The van der Waals surface area contributed by atoms with Gasteiger partial charge in [0, 0.05) is 49.4 Å². The summed E-state index contributed by atoms with van der Waals surface area (Å²) in [6, 6.07) is 8.14. The summed E-state index contributed by atoms with van der Waals surface area (Å²) >= 11 is 0. The number of rotatable bonds is 8. The molecule has 3 aromatic rings. The number of piperazine rings is 1. The Morgan fingerprint density at radius 1 is 1.03 bits per heavy atom. The molecule has 5 rings (SSSR count). The second kappa shape index (κ2) is 8.65. The molecule has 0 radical (unpaired) electrons. The van der Waals surface area contributed by atoms with Crippen LogP contribution in [-0.2, 0) is 0 Å². The predicted octanol–water partition coefficient (Wildman–Crippen LogP) is 3.00. The Morgan fingerprint density at radius 3 is 2.57 bits per heavy atom. The van der Waals surface area contributed by atoms with E-state index in [9.17, 15) is 0 Å². The standard InChI is InChI=1S/C22H29N7O/c1-2-28-12-14-29(15-13-28)11-5-10-23-21-18-7-4-3-6-17(18)19(25-26-21)22-24-20(27-30-22)16-8-9-16/h3-4,6-7,16H,2,5,8-15H2,1H3,(H,23,26). The highest BCUT2D eigenvalue weighted by atomic mass is 16.5. The van der Waals surface area contributed by atoms with Crippen LogP contribution in [0.15, 0.2) is 28.8 Å². The number of nitrogens with one attached hydrogen (secondary N) is 1. The lowest BCUT2D eigenvalue weighted by atomic mass is 10.1. The molecule has 8 heteroatoms. The molecule has 1 aliphatic carbocycles. The normalized spacial score (nSPS) is 18.2. The summed E-state index contributed by atoms with van der Waals surface area (Å²) in [7, 11) is 0. The first kappa shape index (κ1) is 19.4. The third-order valence-electron chi connectivity index (χ3n) is 6.13. The van der Waals surface area contributed by atoms with Crippen molar-refractivity contribution in [1.82, 2.24) is 30.1 Å². The SMILES string of the molecule is CCN1CCN(CCCNc2nnc(-c3nc(C4CC4)no3)c3ccccc23)CC1. The van der Waals surface area contributed by atoms with Crippen molar-refractivity contribution in [3.63, 3.8) is 0 Å². The van der Waals surface area contributed by atoms with Crippen LogP contribution < -0.4 is 5.32 Å². The van der Waals surface area contributed by atoms with Gasteiger partial charge in [0.1, 0.15) is 0 Å². The van der Waals surface area contributed by atoms with Gasteiger partial charge in [-0.1, -0.05) is 36.3 Å². The van der Waals surface area contributed by atoms with E-state index in [0.29, 0.717) is 17.5 Å². The van der Waals surface area contributed by atoms with E-state index in [4.69, 9.17) is 4.52 Å². The zero-order valence-corrected chi connectivity index (χ0v) is 17.5. The van der Waals surface area contributed by atoms with Gasteiger partial charge in [-0.15, -0.1) is 10.2 Å². The summed E-state index contributed by atoms with van der Waals surface area (Å²) in [5.41, 5.74) is 0.657. The van der Waals surface area contributed by atoms with E-state index >= 15 is 0 Å². The predicted molar refractivity (Wildman–Crippen MR) is 116 cm³/mol. The van der Waals surface area contributed by atoms with Crippen LogP contribution in [0.5, 0.6) is 0 Å². The summed E-state index contributed by atoms with van der Waals surface area (Å²) in [4.78, 5) is 9.61. The minimum absolute atomic E-state index is 0.451. The number of aromatic nitrogens is 4. The smallest absolute Gasteiger partial charge is 0.279 e. The van der Waals surface area contributed by atoms with Gasteiger partial charge in [0.15, 0.2) is 17.3 Å². The van der Waals surface area contributed by atoms with Crippen molar-refractivity contribution in [2.45, 2.75) is 32.1 Å². The van der Waals surface area contributed by atoms with Crippen molar-refractivity contribution >= 4 is 16.6 Å². The average molecular weight is 408 g/mol. The van der Waals surface area contributed by atoms with E-state index in [1.54, 1.807) is 0 Å². The Labute approximate surface area is 176 Å². The van der Waals surface area contributed by atoms with Gasteiger partial charge in [-0.25, -0.2) is 0 Å². The van der Waals surface area contributed by atoms with E-state index in [-0.39, 0.29) is 0 Å². The van der Waals surface area contributed by atoms with Crippen molar-refractivity contribution < 1.29 is 4.52 Å². The molecule has 0 unspecified atom stereocenters. The molecule has 1 saturated heterocycles. The minimum Gasteiger partial charge on any atom is -0.368 e. The Hall–Kier alpha value is -2.58. The molecule has 30 heavy (non-hydrogen) atoms. The number of benzene rings is 1. The number of hydrogen-bond donors (Lipinski definition) is 1. The molecule has 3 heterocycles. The number of fused-ring (bicyclic) bond motifs is 1. The highest BCUT2D eigenvalue weighted by Crippen LogP contribution is 2.39. The Morgan fingerprint density at radius 2 is 1.80 bits per heavy atom. The zero-order chi connectivity index (χ0) is 20.3. The molecule has 0 bridgehead atoms. The third-order valence-corrected chi connectivity index (χ3v) is 6.13. The molecule has 0 spiro atoms. The largest absolute Gasteiger partial charge is 0.368 e. The van der Waals surface area contributed by atoms with Gasteiger partial charge in [-0.3, -0.25) is 0 Å². The Kier molecular flexibility index (Phi) is 5.59. The van der Waals surface area contributed by atoms with Crippen LogP contribution in [0.25, 0.3) is 22.4 Å². The summed E-state index contributed by atoms with van der Waals surface area (Å²) in [6.07, 6.45) is 3.36. The average Bonchev–Trinajstić information content (AvgIpc) is 3.54. The molecule has 2 fully saturated rings. The van der Waals surface area contributed by atoms with Crippen LogP contribution in [0.1, 0.15) is 37.9 Å². The quantitative estimate of drug-likeness (QED) is 0.571. The van der Waals surface area contributed by atoms with Gasteiger partial charge in [0.25, 0.3) is 5.89 Å². The first-order valence-electron chi connectivity index (χ1n) is 11.1. The molecule has 0 amide bonds. The fourth-order valence-electron chi connectivity index (χ4n) is 4.07. The maximum atomic E-state index is 5.49. The molecule has 1 N–H and O–H groups in total. The Balaban J connectivity index is 1.24. The zero-order valence-electron chi connectivity index (χ0n) is 17.5. The first-order chi connectivity index (χ1) is 14.8. The highest BCUT2D eigenvalue weighted by molar-refractivity contribution is 5.98. The first-order valence-corrected chi connectivity index (χ1v) is 11.1. The van der Waals surface area contributed by atoms with Crippen molar-refractivity contribution in [2.24, 2.45) is 0 Å². The fraction of sp³-hybridized carbons (Fsp3) is 0.545. The van der Waals surface area contributed by atoms with Crippen molar-refractivity contribution in [3.8, 4) is 11.6 Å². The van der Waals surface area contributed by atoms with Gasteiger partial charge < -0.3 is 19.6 Å². The summed E-state index contributed by atoms with van der Waals surface area (Å²) in [5.74, 6) is 2.51. The summed E-state index contributed by atoms with van der Waals surface area (Å²) in [6.45, 7) is 10.1. The lowest BCUT2D eigenvalue weighted by Gasteiger charge is -2.34. The molecular formula is C22H29N7O. The van der Waals surface area contributed by atoms with Gasteiger partial charge >= 0.3 is 0 Å². The third kappa shape index (κ3) is 4.15. The van der Waals surface area contributed by atoms with Crippen LogP contribution in [0.4, 0.5) is 5.82 Å². The van der Waals surface area contributed by atoms with E-state index in [2.05, 4.69) is 48.4 Å². The van der Waals surface area contributed by atoms with Crippen molar-refractivity contribution in [1.29, 1.82) is 0 Å². The molecule has 0 atom stereocenters. The number of anilines is 1. The van der Waals surface area contributed by atoms with Gasteiger partial charge in [0.2, 0.25) is 0 Å². The minimum atomic E-state index is 0.451. The van der Waals surface area contributed by atoms with Crippen LogP contribution in [0.2, 0.25) is 0 Å². The molecule has 158 valence electrons. The number of likely N-dealkylation sites (N-methyl/N-ethyl adjacent to an activating group) is 1. The van der Waals surface area contributed by atoms with Gasteiger partial charge in [-0.05, 0) is 32.4 Å². The molecule has 2 aromatic heterocycles. The van der Waals surface area contributed by atoms with Crippen LogP contribution in [-0.4, -0.2) is 76.0 Å². The molecule has 1 aromatic carbocycles. The van der Waals surface area contributed by atoms with Crippen molar-refractivity contribution in [2.75, 3.05) is 51.1 Å². The van der Waals surface area contributed by atoms with Crippen molar-refractivity contribution in [3.05, 3.63) is 30.1 Å². The highest BCUT2D eigenvalue weighted by Gasteiger charge is 2.29. The lowest BCUT2D eigenvalue weighted by Crippen LogP contribution is -2.46. The van der Waals surface area contributed by atoms with Crippen LogP contribution in [0.3, 0.4) is 0 Å². The van der Waals surface area contributed by atoms with E-state index in [1.807, 2.05) is 18.2 Å². The van der Waals surface area contributed by atoms with Crippen LogP contribution >= 0.6 is 0 Å². The van der Waals surface area contributed by atoms with Crippen LogP contribution in [0, 0.1) is 0 Å². The maximum absolute atomic E-state index is 5.49. The molecular weight excluding hydrogens is 378 g/mol. The van der Waals surface area contributed by atoms with Gasteiger partial charge in [0.05, 0.1) is 0 Å². The second-order valence-corrected chi connectivity index (χ2v) is 8.23. The van der Waals surface area contributed by atoms with E-state index in [1.165, 1.54) is 13.1 Å². The maximum Gasteiger partial charge on any atom is 0.279 e. The number of hydrogen-bond acceptors (Lipinski definition) is 8.